The highest BCUT2D eigenvalue weighted by molar-refractivity contribution is 7.92. The number of hydrogen-bond donors (Lipinski definition) is 2. The van der Waals surface area contributed by atoms with Crippen LogP contribution in [0.15, 0.2) is 65.6 Å². The van der Waals surface area contributed by atoms with Crippen molar-refractivity contribution >= 4 is 33.0 Å². The molecule has 0 fully saturated rings. The third-order valence-electron chi connectivity index (χ3n) is 4.69. The molecule has 0 unspecified atom stereocenters. The molecule has 0 atom stereocenters. The molecule has 0 aliphatic heterocycles. The second-order valence-electron chi connectivity index (χ2n) is 6.57. The van der Waals surface area contributed by atoms with Gasteiger partial charge in [0, 0.05) is 16.7 Å². The normalized spacial score (nSPS) is 13.0. The van der Waals surface area contributed by atoms with Gasteiger partial charge in [0.25, 0.3) is 10.0 Å². The van der Waals surface area contributed by atoms with E-state index in [4.69, 9.17) is 5.73 Å². The lowest BCUT2D eigenvalue weighted by molar-refractivity contribution is 0.0980. The minimum absolute atomic E-state index is 0.0283. The van der Waals surface area contributed by atoms with Crippen molar-refractivity contribution in [1.82, 2.24) is 0 Å². The Balaban J connectivity index is 1.87. The number of nitrogens with one attached hydrogen (secondary N) is 1. The molecule has 1 aliphatic carbocycles. The van der Waals surface area contributed by atoms with Gasteiger partial charge in [-0.1, -0.05) is 42.0 Å². The summed E-state index contributed by atoms with van der Waals surface area (Å²) in [4.78, 5) is 25.9. The molecule has 140 valence electrons. The standard InChI is InChI=1S/C21H16N2O4S/c1-12-6-8-13(9-7-12)28(26,27)23-19-17(22)11-10-16-18(19)21(25)15-5-3-2-4-14(15)20(16)24/h2-11,23H,22H2,1H3. The van der Waals surface area contributed by atoms with Crippen molar-refractivity contribution in [3.05, 3.63) is 88.5 Å². The molecule has 0 radical (unpaired) electrons. The van der Waals surface area contributed by atoms with Gasteiger partial charge in [-0.3, -0.25) is 14.3 Å². The van der Waals surface area contributed by atoms with Gasteiger partial charge in [0.2, 0.25) is 0 Å². The Kier molecular flexibility index (Phi) is 4.05. The lowest BCUT2D eigenvalue weighted by atomic mass is 9.83. The number of ketones is 2. The number of hydrogen-bond acceptors (Lipinski definition) is 5. The monoisotopic (exact) mass is 392 g/mol. The Bertz CT molecular complexity index is 1250. The van der Waals surface area contributed by atoms with Crippen LogP contribution in [0, 0.1) is 6.92 Å². The van der Waals surface area contributed by atoms with E-state index in [1.165, 1.54) is 24.3 Å². The quantitative estimate of drug-likeness (QED) is 0.521. The summed E-state index contributed by atoms with van der Waals surface area (Å²) in [5.41, 5.74) is 7.50. The predicted octanol–water partition coefficient (Wildman–Crippen LogP) is 3.15. The molecule has 0 saturated carbocycles. The van der Waals surface area contributed by atoms with Gasteiger partial charge in [0.05, 0.1) is 21.8 Å². The maximum absolute atomic E-state index is 13.1. The van der Waals surface area contributed by atoms with Crippen molar-refractivity contribution < 1.29 is 18.0 Å². The highest BCUT2D eigenvalue weighted by Gasteiger charge is 2.33. The van der Waals surface area contributed by atoms with Gasteiger partial charge >= 0.3 is 0 Å². The molecule has 28 heavy (non-hydrogen) atoms. The summed E-state index contributed by atoms with van der Waals surface area (Å²) >= 11 is 0. The zero-order valence-electron chi connectivity index (χ0n) is 14.9. The zero-order valence-corrected chi connectivity index (χ0v) is 15.7. The average molecular weight is 392 g/mol. The summed E-state index contributed by atoms with van der Waals surface area (Å²) in [6.45, 7) is 1.84. The van der Waals surface area contributed by atoms with Gasteiger partial charge in [-0.15, -0.1) is 0 Å². The minimum atomic E-state index is -4.00. The lowest BCUT2D eigenvalue weighted by Crippen LogP contribution is -2.24. The average Bonchev–Trinajstić information content (AvgIpc) is 2.68. The molecule has 0 heterocycles. The molecule has 3 N–H and O–H groups in total. The second-order valence-corrected chi connectivity index (χ2v) is 8.26. The Morgan fingerprint density at radius 3 is 2.04 bits per heavy atom. The van der Waals surface area contributed by atoms with Gasteiger partial charge < -0.3 is 5.73 Å². The molecule has 0 aromatic heterocycles. The van der Waals surface area contributed by atoms with Crippen LogP contribution in [0.25, 0.3) is 0 Å². The van der Waals surface area contributed by atoms with Crippen LogP contribution in [0.2, 0.25) is 0 Å². The number of anilines is 2. The van der Waals surface area contributed by atoms with E-state index in [-0.39, 0.29) is 44.3 Å². The molecule has 1 aliphatic rings. The Labute approximate surface area is 162 Å². The van der Waals surface area contributed by atoms with Gasteiger partial charge in [-0.05, 0) is 31.2 Å². The van der Waals surface area contributed by atoms with Crippen LogP contribution in [0.3, 0.4) is 0 Å². The van der Waals surface area contributed by atoms with Gasteiger partial charge in [-0.25, -0.2) is 8.42 Å². The molecule has 3 aromatic carbocycles. The van der Waals surface area contributed by atoms with Crippen LogP contribution in [0.5, 0.6) is 0 Å². The summed E-state index contributed by atoms with van der Waals surface area (Å²) in [7, 11) is -4.00. The summed E-state index contributed by atoms with van der Waals surface area (Å²) in [6, 6.07) is 15.6. The van der Waals surface area contributed by atoms with Gasteiger partial charge in [-0.2, -0.15) is 0 Å². The number of aryl methyl sites for hydroxylation is 1. The van der Waals surface area contributed by atoms with Gasteiger partial charge in [0.15, 0.2) is 11.6 Å². The highest BCUT2D eigenvalue weighted by Crippen LogP contribution is 2.36. The van der Waals surface area contributed by atoms with Crippen LogP contribution in [0.4, 0.5) is 11.4 Å². The number of fused-ring (bicyclic) bond motifs is 2. The molecule has 0 saturated heterocycles. The number of rotatable bonds is 3. The number of carbonyl (C=O) groups is 2. The molecular formula is C21H16N2O4S. The number of benzene rings is 3. The van der Waals surface area contributed by atoms with Crippen LogP contribution in [-0.4, -0.2) is 20.0 Å². The second kappa shape index (κ2) is 6.31. The first-order valence-corrected chi connectivity index (χ1v) is 9.98. The topological polar surface area (TPSA) is 106 Å². The first-order valence-electron chi connectivity index (χ1n) is 8.50. The van der Waals surface area contributed by atoms with E-state index in [0.717, 1.165) is 5.56 Å². The third-order valence-corrected chi connectivity index (χ3v) is 6.06. The molecule has 0 bridgehead atoms. The van der Waals surface area contributed by atoms with E-state index >= 15 is 0 Å². The Hall–Kier alpha value is -3.45. The Morgan fingerprint density at radius 1 is 0.786 bits per heavy atom. The summed E-state index contributed by atoms with van der Waals surface area (Å²) in [5, 5.41) is 0. The molecule has 0 amide bonds. The van der Waals surface area contributed by atoms with Crippen LogP contribution < -0.4 is 10.5 Å². The van der Waals surface area contributed by atoms with E-state index in [1.807, 2.05) is 6.92 Å². The van der Waals surface area contributed by atoms with Crippen LogP contribution in [0.1, 0.15) is 37.4 Å². The fraction of sp³-hybridized carbons (Fsp3) is 0.0476. The van der Waals surface area contributed by atoms with Crippen molar-refractivity contribution in [3.8, 4) is 0 Å². The first-order chi connectivity index (χ1) is 13.3. The molecular weight excluding hydrogens is 376 g/mol. The number of nitrogen functional groups attached to an aromatic ring is 1. The lowest BCUT2D eigenvalue weighted by Gasteiger charge is -2.22. The zero-order chi connectivity index (χ0) is 20.1. The summed E-state index contributed by atoms with van der Waals surface area (Å²) < 4.78 is 28.0. The molecule has 0 spiro atoms. The van der Waals surface area contributed by atoms with Crippen molar-refractivity contribution in [2.75, 3.05) is 10.5 Å². The van der Waals surface area contributed by atoms with Crippen molar-refractivity contribution in [2.24, 2.45) is 0 Å². The fourth-order valence-corrected chi connectivity index (χ4v) is 4.32. The minimum Gasteiger partial charge on any atom is -0.397 e. The number of nitrogens with two attached hydrogens (primary N) is 1. The molecule has 6 nitrogen and oxygen atoms in total. The van der Waals surface area contributed by atoms with Crippen molar-refractivity contribution in [3.63, 3.8) is 0 Å². The van der Waals surface area contributed by atoms with Gasteiger partial charge in [0.1, 0.15) is 0 Å². The predicted molar refractivity (Wildman–Crippen MR) is 106 cm³/mol. The first kappa shape index (κ1) is 17.9. The summed E-state index contributed by atoms with van der Waals surface area (Å²) in [6.07, 6.45) is 0. The van der Waals surface area contributed by atoms with E-state index in [1.54, 1.807) is 36.4 Å². The molecule has 7 heteroatoms. The fourth-order valence-electron chi connectivity index (χ4n) is 3.22. The third kappa shape index (κ3) is 2.76. The highest BCUT2D eigenvalue weighted by atomic mass is 32.2. The SMILES string of the molecule is Cc1ccc(S(=O)(=O)Nc2c(N)ccc3c2C(=O)c2ccccc2C3=O)cc1. The molecule has 4 rings (SSSR count). The maximum atomic E-state index is 13.1. The van der Waals surface area contributed by atoms with E-state index in [9.17, 15) is 18.0 Å². The maximum Gasteiger partial charge on any atom is 0.261 e. The Morgan fingerprint density at radius 2 is 1.39 bits per heavy atom. The van der Waals surface area contributed by atoms with E-state index in [2.05, 4.69) is 4.72 Å². The smallest absolute Gasteiger partial charge is 0.261 e. The van der Waals surface area contributed by atoms with Crippen molar-refractivity contribution in [2.45, 2.75) is 11.8 Å². The van der Waals surface area contributed by atoms with Crippen LogP contribution >= 0.6 is 0 Å². The van der Waals surface area contributed by atoms with Crippen LogP contribution in [-0.2, 0) is 10.0 Å². The summed E-state index contributed by atoms with van der Waals surface area (Å²) in [5.74, 6) is -0.792. The largest absolute Gasteiger partial charge is 0.397 e. The molecule has 3 aromatic rings. The number of carbonyl (C=O) groups excluding carboxylic acids is 2. The van der Waals surface area contributed by atoms with Crippen molar-refractivity contribution in [1.29, 1.82) is 0 Å². The van der Waals surface area contributed by atoms with E-state index in [0.29, 0.717) is 0 Å². The van der Waals surface area contributed by atoms with E-state index < -0.39 is 15.8 Å². The number of sulfonamides is 1.